The van der Waals surface area contributed by atoms with E-state index in [0.29, 0.717) is 16.8 Å². The van der Waals surface area contributed by atoms with E-state index in [1.54, 1.807) is 53.3 Å². The third-order valence-electron chi connectivity index (χ3n) is 3.13. The second kappa shape index (κ2) is 5.94. The fourth-order valence-electron chi connectivity index (χ4n) is 2.08. The fraction of sp³-hybridized carbons (Fsp3) is 0. The first-order valence-electron chi connectivity index (χ1n) is 6.68. The Balaban J connectivity index is 1.83. The molecule has 3 aromatic rings. The molecule has 0 aliphatic heterocycles. The van der Waals surface area contributed by atoms with Gasteiger partial charge in [-0.05, 0) is 42.5 Å². The lowest BCUT2D eigenvalue weighted by atomic mass is 10.1. The first kappa shape index (κ1) is 13.6. The summed E-state index contributed by atoms with van der Waals surface area (Å²) in [5.74, 6) is -0.232. The Morgan fingerprint density at radius 3 is 2.77 bits per heavy atom. The van der Waals surface area contributed by atoms with Crippen LogP contribution in [0.5, 0.6) is 0 Å². The van der Waals surface area contributed by atoms with E-state index in [0.717, 1.165) is 5.69 Å². The van der Waals surface area contributed by atoms with Crippen molar-refractivity contribution in [3.63, 3.8) is 0 Å². The number of aromatic nitrogens is 2. The Hall–Kier alpha value is -3.39. The molecule has 1 heterocycles. The molecule has 5 heteroatoms. The highest BCUT2D eigenvalue weighted by Crippen LogP contribution is 2.14. The summed E-state index contributed by atoms with van der Waals surface area (Å²) in [6.07, 6.45) is 3.49. The highest BCUT2D eigenvalue weighted by molar-refractivity contribution is 6.04. The quantitative estimate of drug-likeness (QED) is 0.805. The average molecular weight is 288 g/mol. The van der Waals surface area contributed by atoms with Gasteiger partial charge in [-0.15, -0.1) is 0 Å². The lowest BCUT2D eigenvalue weighted by molar-refractivity contribution is 0.102. The molecule has 0 radical (unpaired) electrons. The van der Waals surface area contributed by atoms with Gasteiger partial charge in [-0.3, -0.25) is 4.79 Å². The van der Waals surface area contributed by atoms with Gasteiger partial charge in [0.25, 0.3) is 5.91 Å². The van der Waals surface area contributed by atoms with E-state index in [1.807, 2.05) is 24.4 Å². The number of hydrogen-bond donors (Lipinski definition) is 1. The molecule has 22 heavy (non-hydrogen) atoms. The molecular weight excluding hydrogens is 276 g/mol. The van der Waals surface area contributed by atoms with Gasteiger partial charge in [0.15, 0.2) is 0 Å². The maximum absolute atomic E-state index is 12.3. The Bertz CT molecular complexity index is 847. The molecule has 0 fully saturated rings. The third-order valence-corrected chi connectivity index (χ3v) is 3.13. The number of anilines is 1. The summed E-state index contributed by atoms with van der Waals surface area (Å²) in [5.41, 5.74) is 2.43. The molecule has 0 unspecified atom stereocenters. The standard InChI is InChI=1S/C17H12N4O/c18-12-13-4-1-6-15(10-13)20-17(22)14-5-2-7-16(11-14)21-9-3-8-19-21/h1-11H,(H,20,22). The van der Waals surface area contributed by atoms with Crippen molar-refractivity contribution in [2.24, 2.45) is 0 Å². The molecule has 106 valence electrons. The lowest BCUT2D eigenvalue weighted by Crippen LogP contribution is -2.12. The minimum absolute atomic E-state index is 0.232. The number of hydrogen-bond acceptors (Lipinski definition) is 3. The maximum atomic E-state index is 12.3. The van der Waals surface area contributed by atoms with E-state index in [2.05, 4.69) is 10.4 Å². The smallest absolute Gasteiger partial charge is 0.255 e. The molecule has 0 saturated carbocycles. The van der Waals surface area contributed by atoms with Gasteiger partial charge in [0.2, 0.25) is 0 Å². The van der Waals surface area contributed by atoms with Crippen LogP contribution in [0.15, 0.2) is 67.0 Å². The summed E-state index contributed by atoms with van der Waals surface area (Å²) < 4.78 is 1.69. The highest BCUT2D eigenvalue weighted by Gasteiger charge is 2.08. The molecule has 0 spiro atoms. The van der Waals surface area contributed by atoms with Gasteiger partial charge < -0.3 is 5.32 Å². The molecule has 2 aromatic carbocycles. The largest absolute Gasteiger partial charge is 0.322 e. The van der Waals surface area contributed by atoms with Crippen molar-refractivity contribution < 1.29 is 4.79 Å². The number of nitrogens with zero attached hydrogens (tertiary/aromatic N) is 3. The van der Waals surface area contributed by atoms with E-state index in [1.165, 1.54) is 0 Å². The number of nitriles is 1. The van der Waals surface area contributed by atoms with Gasteiger partial charge in [0.1, 0.15) is 0 Å². The van der Waals surface area contributed by atoms with Crippen LogP contribution in [-0.2, 0) is 0 Å². The number of amides is 1. The van der Waals surface area contributed by atoms with Crippen molar-refractivity contribution in [1.82, 2.24) is 9.78 Å². The summed E-state index contributed by atoms with van der Waals surface area (Å²) in [4.78, 5) is 12.3. The number of rotatable bonds is 3. The van der Waals surface area contributed by atoms with Crippen LogP contribution in [0.25, 0.3) is 5.69 Å². The first-order valence-corrected chi connectivity index (χ1v) is 6.68. The summed E-state index contributed by atoms with van der Waals surface area (Å²) in [6, 6.07) is 17.8. The van der Waals surface area contributed by atoms with Gasteiger partial charge in [0.05, 0.1) is 17.3 Å². The molecule has 0 aliphatic carbocycles. The number of nitrogens with one attached hydrogen (secondary N) is 1. The molecule has 1 N–H and O–H groups in total. The highest BCUT2D eigenvalue weighted by atomic mass is 16.1. The second-order valence-corrected chi connectivity index (χ2v) is 4.65. The predicted octanol–water partition coefficient (Wildman–Crippen LogP) is 3.00. The van der Waals surface area contributed by atoms with Crippen LogP contribution in [0.1, 0.15) is 15.9 Å². The van der Waals surface area contributed by atoms with Crippen LogP contribution in [0.2, 0.25) is 0 Å². The van der Waals surface area contributed by atoms with Gasteiger partial charge >= 0.3 is 0 Å². The van der Waals surface area contributed by atoms with Crippen molar-refractivity contribution in [2.75, 3.05) is 5.32 Å². The zero-order valence-electron chi connectivity index (χ0n) is 11.6. The monoisotopic (exact) mass is 288 g/mol. The molecule has 1 amide bonds. The molecule has 0 saturated heterocycles. The number of carbonyl (C=O) groups excluding carboxylic acids is 1. The predicted molar refractivity (Wildman–Crippen MR) is 82.7 cm³/mol. The SMILES string of the molecule is N#Cc1cccc(NC(=O)c2cccc(-n3cccn3)c2)c1. The van der Waals surface area contributed by atoms with E-state index < -0.39 is 0 Å². The van der Waals surface area contributed by atoms with Crippen molar-refractivity contribution >= 4 is 11.6 Å². The number of benzene rings is 2. The molecular formula is C17H12N4O. The molecule has 0 bridgehead atoms. The summed E-state index contributed by atoms with van der Waals surface area (Å²) in [5, 5.41) is 15.8. The van der Waals surface area contributed by atoms with Crippen LogP contribution in [-0.4, -0.2) is 15.7 Å². The normalized spacial score (nSPS) is 9.95. The van der Waals surface area contributed by atoms with Gasteiger partial charge in [-0.2, -0.15) is 10.4 Å². The number of carbonyl (C=O) groups is 1. The van der Waals surface area contributed by atoms with Crippen LogP contribution < -0.4 is 5.32 Å². The molecule has 3 rings (SSSR count). The van der Waals surface area contributed by atoms with Crippen molar-refractivity contribution in [2.45, 2.75) is 0 Å². The van der Waals surface area contributed by atoms with E-state index in [4.69, 9.17) is 5.26 Å². The Kier molecular flexibility index (Phi) is 3.67. The van der Waals surface area contributed by atoms with Crippen molar-refractivity contribution in [1.29, 1.82) is 5.26 Å². The zero-order valence-corrected chi connectivity index (χ0v) is 11.6. The van der Waals surface area contributed by atoms with Gasteiger partial charge in [-0.1, -0.05) is 12.1 Å². The zero-order chi connectivity index (χ0) is 15.4. The fourth-order valence-corrected chi connectivity index (χ4v) is 2.08. The summed E-state index contributed by atoms with van der Waals surface area (Å²) in [6.45, 7) is 0. The van der Waals surface area contributed by atoms with E-state index in [9.17, 15) is 4.79 Å². The first-order chi connectivity index (χ1) is 10.8. The Morgan fingerprint density at radius 1 is 1.14 bits per heavy atom. The van der Waals surface area contributed by atoms with Crippen LogP contribution in [0.4, 0.5) is 5.69 Å². The van der Waals surface area contributed by atoms with Crippen molar-refractivity contribution in [3.05, 3.63) is 78.1 Å². The lowest BCUT2D eigenvalue weighted by Gasteiger charge is -2.07. The Labute approximate surface area is 127 Å². The summed E-state index contributed by atoms with van der Waals surface area (Å²) in [7, 11) is 0. The van der Waals surface area contributed by atoms with Crippen LogP contribution in [0, 0.1) is 11.3 Å². The third kappa shape index (κ3) is 2.86. The van der Waals surface area contributed by atoms with E-state index >= 15 is 0 Å². The van der Waals surface area contributed by atoms with Crippen LogP contribution >= 0.6 is 0 Å². The molecule has 5 nitrogen and oxygen atoms in total. The Morgan fingerprint density at radius 2 is 2.00 bits per heavy atom. The summed E-state index contributed by atoms with van der Waals surface area (Å²) >= 11 is 0. The molecule has 0 aliphatic rings. The molecule has 0 atom stereocenters. The van der Waals surface area contributed by atoms with Gasteiger partial charge in [-0.25, -0.2) is 4.68 Å². The van der Waals surface area contributed by atoms with Crippen LogP contribution in [0.3, 0.4) is 0 Å². The minimum Gasteiger partial charge on any atom is -0.322 e. The van der Waals surface area contributed by atoms with E-state index in [-0.39, 0.29) is 5.91 Å². The topological polar surface area (TPSA) is 70.7 Å². The van der Waals surface area contributed by atoms with Gasteiger partial charge in [0, 0.05) is 23.6 Å². The molecule has 1 aromatic heterocycles. The van der Waals surface area contributed by atoms with Crippen molar-refractivity contribution in [3.8, 4) is 11.8 Å². The average Bonchev–Trinajstić information content (AvgIpc) is 3.09. The second-order valence-electron chi connectivity index (χ2n) is 4.65. The minimum atomic E-state index is -0.232. The maximum Gasteiger partial charge on any atom is 0.255 e.